The van der Waals surface area contributed by atoms with Crippen LogP contribution in [0.5, 0.6) is 11.5 Å². The second-order valence-electron chi connectivity index (χ2n) is 9.26. The highest BCUT2D eigenvalue weighted by atomic mass is 19.1. The van der Waals surface area contributed by atoms with Crippen molar-refractivity contribution >= 4 is 29.4 Å². The Bertz CT molecular complexity index is 1470. The number of Topliss-reactive ketones (excluding diaryl/α,β-unsaturated/α-hetero) is 1. The molecule has 7 nitrogen and oxygen atoms in total. The highest BCUT2D eigenvalue weighted by Gasteiger charge is 2.64. The van der Waals surface area contributed by atoms with E-state index in [1.807, 2.05) is 35.2 Å². The predicted molar refractivity (Wildman–Crippen MR) is 134 cm³/mol. The normalized spacial score (nSPS) is 23.5. The number of carbonyl (C=O) groups excluding carboxylic acids is 3. The van der Waals surface area contributed by atoms with Crippen LogP contribution in [0.1, 0.15) is 27.5 Å². The SMILES string of the molecule is COc1ccc(C(=O)[C@H]2[C@H]3C(=O)N(c4ccc(F)cc4)C(=O)[C@@H]3[C@H]3c4ccccc4C=CN32)cc1OC. The first-order chi connectivity index (χ1) is 17.9. The third-order valence-corrected chi connectivity index (χ3v) is 7.48. The number of methoxy groups -OCH3 is 2. The maximum Gasteiger partial charge on any atom is 0.240 e. The highest BCUT2D eigenvalue weighted by Crippen LogP contribution is 2.53. The van der Waals surface area contributed by atoms with Crippen LogP contribution < -0.4 is 14.4 Å². The summed E-state index contributed by atoms with van der Waals surface area (Å²) in [5.41, 5.74) is 2.44. The Morgan fingerprint density at radius 2 is 1.57 bits per heavy atom. The van der Waals surface area contributed by atoms with E-state index in [1.54, 1.807) is 24.4 Å². The summed E-state index contributed by atoms with van der Waals surface area (Å²) in [6.45, 7) is 0. The summed E-state index contributed by atoms with van der Waals surface area (Å²) < 4.78 is 24.3. The van der Waals surface area contributed by atoms with E-state index >= 15 is 0 Å². The second-order valence-corrected chi connectivity index (χ2v) is 9.26. The molecule has 186 valence electrons. The molecule has 3 aliphatic heterocycles. The van der Waals surface area contributed by atoms with Crippen molar-refractivity contribution in [2.75, 3.05) is 19.1 Å². The standard InChI is InChI=1S/C29H23FN2O5/c1-36-21-12-7-17(15-22(21)37-2)27(33)26-24-23(25-20-6-4-3-5-16(20)13-14-31(25)26)28(34)32(29(24)35)19-10-8-18(30)9-11-19/h3-15,23-26H,1-2H3/t23-,24-,25+,26+/m0/s1. The van der Waals surface area contributed by atoms with Gasteiger partial charge in [-0.15, -0.1) is 0 Å². The van der Waals surface area contributed by atoms with Gasteiger partial charge in [0.25, 0.3) is 0 Å². The summed E-state index contributed by atoms with van der Waals surface area (Å²) in [5.74, 6) is -2.48. The van der Waals surface area contributed by atoms with E-state index in [4.69, 9.17) is 9.47 Å². The largest absolute Gasteiger partial charge is 0.493 e. The van der Waals surface area contributed by atoms with Crippen LogP contribution in [-0.2, 0) is 9.59 Å². The molecule has 2 fully saturated rings. The minimum atomic E-state index is -0.918. The fourth-order valence-electron chi connectivity index (χ4n) is 5.86. The fraction of sp³-hybridized carbons (Fsp3) is 0.207. The lowest BCUT2D eigenvalue weighted by Crippen LogP contribution is -2.44. The zero-order chi connectivity index (χ0) is 25.8. The summed E-state index contributed by atoms with van der Waals surface area (Å²) in [7, 11) is 2.99. The van der Waals surface area contributed by atoms with Crippen LogP contribution in [0.25, 0.3) is 6.08 Å². The number of anilines is 1. The summed E-state index contributed by atoms with van der Waals surface area (Å²) in [5, 5.41) is 0. The maximum absolute atomic E-state index is 14.1. The van der Waals surface area contributed by atoms with Gasteiger partial charge < -0.3 is 14.4 Å². The van der Waals surface area contributed by atoms with Gasteiger partial charge in [-0.2, -0.15) is 0 Å². The first-order valence-corrected chi connectivity index (χ1v) is 11.9. The third kappa shape index (κ3) is 3.36. The molecule has 0 spiro atoms. The molecule has 0 bridgehead atoms. The number of imide groups is 1. The van der Waals surface area contributed by atoms with Crippen LogP contribution in [0.3, 0.4) is 0 Å². The van der Waals surface area contributed by atoms with E-state index in [2.05, 4.69) is 0 Å². The van der Waals surface area contributed by atoms with Crippen molar-refractivity contribution in [1.82, 2.24) is 4.90 Å². The van der Waals surface area contributed by atoms with Gasteiger partial charge in [0, 0.05) is 11.8 Å². The number of amides is 2. The van der Waals surface area contributed by atoms with E-state index < -0.39 is 41.6 Å². The molecule has 0 unspecified atom stereocenters. The summed E-state index contributed by atoms with van der Waals surface area (Å²) in [6, 6.07) is 16.3. The molecule has 2 saturated heterocycles. The number of carbonyl (C=O) groups is 3. The molecule has 0 radical (unpaired) electrons. The van der Waals surface area contributed by atoms with Crippen molar-refractivity contribution in [2.45, 2.75) is 12.1 Å². The van der Waals surface area contributed by atoms with Crippen LogP contribution in [0.4, 0.5) is 10.1 Å². The molecule has 0 saturated carbocycles. The van der Waals surface area contributed by atoms with E-state index in [-0.39, 0.29) is 11.5 Å². The molecule has 3 heterocycles. The average molecular weight is 499 g/mol. The Morgan fingerprint density at radius 1 is 0.865 bits per heavy atom. The summed E-state index contributed by atoms with van der Waals surface area (Å²) in [4.78, 5) is 44.7. The summed E-state index contributed by atoms with van der Waals surface area (Å²) >= 11 is 0. The molecule has 6 rings (SSSR count). The molecule has 0 aromatic heterocycles. The van der Waals surface area contributed by atoms with E-state index in [0.29, 0.717) is 17.1 Å². The van der Waals surface area contributed by atoms with E-state index in [1.165, 1.54) is 38.5 Å². The Labute approximate surface area is 212 Å². The summed E-state index contributed by atoms with van der Waals surface area (Å²) in [6.07, 6.45) is 3.70. The van der Waals surface area contributed by atoms with Crippen molar-refractivity contribution in [1.29, 1.82) is 0 Å². The minimum absolute atomic E-state index is 0.286. The molecule has 3 aliphatic rings. The van der Waals surface area contributed by atoms with Gasteiger partial charge >= 0.3 is 0 Å². The molecule has 0 aliphatic carbocycles. The van der Waals surface area contributed by atoms with Crippen molar-refractivity contribution in [2.24, 2.45) is 11.8 Å². The monoisotopic (exact) mass is 498 g/mol. The van der Waals surface area contributed by atoms with Gasteiger partial charge in [0.05, 0.1) is 37.8 Å². The number of halogens is 1. The predicted octanol–water partition coefficient (Wildman–Crippen LogP) is 4.24. The van der Waals surface area contributed by atoms with Crippen molar-refractivity contribution in [3.8, 4) is 11.5 Å². The van der Waals surface area contributed by atoms with Gasteiger partial charge in [-0.25, -0.2) is 9.29 Å². The Morgan fingerprint density at radius 3 is 2.30 bits per heavy atom. The molecule has 8 heteroatoms. The molecule has 3 aromatic rings. The first-order valence-electron chi connectivity index (χ1n) is 11.9. The molecular weight excluding hydrogens is 475 g/mol. The minimum Gasteiger partial charge on any atom is -0.493 e. The lowest BCUT2D eigenvalue weighted by atomic mass is 9.83. The maximum atomic E-state index is 14.1. The van der Waals surface area contributed by atoms with Gasteiger partial charge in [-0.1, -0.05) is 24.3 Å². The van der Waals surface area contributed by atoms with Crippen LogP contribution >= 0.6 is 0 Å². The van der Waals surface area contributed by atoms with Crippen molar-refractivity contribution in [3.05, 3.63) is 95.4 Å². The number of nitrogens with zero attached hydrogens (tertiary/aromatic N) is 2. The van der Waals surface area contributed by atoms with E-state index in [0.717, 1.165) is 16.0 Å². The van der Waals surface area contributed by atoms with Gasteiger partial charge in [-0.05, 0) is 59.7 Å². The number of ether oxygens (including phenoxy) is 2. The molecule has 2 amide bonds. The molecule has 3 aromatic carbocycles. The molecule has 4 atom stereocenters. The van der Waals surface area contributed by atoms with Crippen LogP contribution in [-0.4, -0.2) is 42.8 Å². The second kappa shape index (κ2) is 8.58. The van der Waals surface area contributed by atoms with Gasteiger partial charge in [-0.3, -0.25) is 14.4 Å². The Balaban J connectivity index is 1.48. The van der Waals surface area contributed by atoms with Gasteiger partial charge in [0.15, 0.2) is 17.3 Å². The number of rotatable bonds is 5. The van der Waals surface area contributed by atoms with Crippen LogP contribution in [0.2, 0.25) is 0 Å². The third-order valence-electron chi connectivity index (χ3n) is 7.48. The zero-order valence-corrected chi connectivity index (χ0v) is 20.1. The topological polar surface area (TPSA) is 76.2 Å². The number of hydrogen-bond acceptors (Lipinski definition) is 6. The van der Waals surface area contributed by atoms with Gasteiger partial charge in [0.1, 0.15) is 11.9 Å². The Hall–Kier alpha value is -4.46. The number of hydrogen-bond donors (Lipinski definition) is 0. The van der Waals surface area contributed by atoms with Crippen molar-refractivity contribution in [3.63, 3.8) is 0 Å². The first kappa shape index (κ1) is 23.0. The molecule has 0 N–H and O–H groups in total. The molecule has 37 heavy (non-hydrogen) atoms. The van der Waals surface area contributed by atoms with E-state index in [9.17, 15) is 18.8 Å². The smallest absolute Gasteiger partial charge is 0.240 e. The lowest BCUT2D eigenvalue weighted by Gasteiger charge is -2.35. The lowest BCUT2D eigenvalue weighted by molar-refractivity contribution is -0.123. The molecular formula is C29H23FN2O5. The number of fused-ring (bicyclic) bond motifs is 5. The zero-order valence-electron chi connectivity index (χ0n) is 20.1. The van der Waals surface area contributed by atoms with Crippen molar-refractivity contribution < 1.29 is 28.2 Å². The quantitative estimate of drug-likeness (QED) is 0.387. The van der Waals surface area contributed by atoms with Crippen LogP contribution in [0, 0.1) is 17.7 Å². The Kier molecular flexibility index (Phi) is 5.33. The number of ketones is 1. The number of benzene rings is 3. The van der Waals surface area contributed by atoms with Crippen LogP contribution in [0.15, 0.2) is 72.9 Å². The highest BCUT2D eigenvalue weighted by molar-refractivity contribution is 6.24. The fourth-order valence-corrected chi connectivity index (χ4v) is 5.86. The van der Waals surface area contributed by atoms with Gasteiger partial charge in [0.2, 0.25) is 11.8 Å². The average Bonchev–Trinajstić information content (AvgIpc) is 3.40.